The zero-order valence-electron chi connectivity index (χ0n) is 22.1. The van der Waals surface area contributed by atoms with Gasteiger partial charge in [0.15, 0.2) is 0 Å². The van der Waals surface area contributed by atoms with Gasteiger partial charge < -0.3 is 4.57 Å². The lowest BCUT2D eigenvalue weighted by Crippen LogP contribution is -2.26. The Morgan fingerprint density at radius 2 is 1.51 bits per heavy atom. The van der Waals surface area contributed by atoms with E-state index in [0.29, 0.717) is 18.8 Å². The van der Waals surface area contributed by atoms with Crippen LogP contribution >= 0.6 is 0 Å². The summed E-state index contributed by atoms with van der Waals surface area (Å²) in [6.07, 6.45) is 1.53. The van der Waals surface area contributed by atoms with Gasteiger partial charge in [0.25, 0.3) is 5.56 Å². The molecular weight excluding hydrogens is 482 g/mol. The number of benzene rings is 4. The molecule has 39 heavy (non-hydrogen) atoms. The van der Waals surface area contributed by atoms with Crippen LogP contribution in [0.5, 0.6) is 0 Å². The number of H-pyrrole nitrogens is 1. The van der Waals surface area contributed by atoms with E-state index in [1.54, 1.807) is 0 Å². The zero-order valence-corrected chi connectivity index (χ0v) is 22.1. The van der Waals surface area contributed by atoms with Crippen molar-refractivity contribution in [2.75, 3.05) is 0 Å². The molecule has 0 aliphatic rings. The standard InChI is InChI=1S/C33H29N5O/c1-3-23-15-18-27-22(2)30(19-24-9-5-4-6-10-24)33(39)38(31(27)20-23)21-25-13-16-26(17-14-25)28-11-7-8-12-29(28)32-34-36-37-35-32/h4-18,20H,3,19,21H2,1-2H3,(H,34,35,36,37). The summed E-state index contributed by atoms with van der Waals surface area (Å²) in [6, 6.07) is 33.1. The first-order valence-corrected chi connectivity index (χ1v) is 13.2. The summed E-state index contributed by atoms with van der Waals surface area (Å²) in [5, 5.41) is 15.7. The molecule has 0 aliphatic carbocycles. The second kappa shape index (κ2) is 10.5. The third kappa shape index (κ3) is 4.77. The van der Waals surface area contributed by atoms with Crippen LogP contribution in [0.3, 0.4) is 0 Å². The molecule has 0 saturated heterocycles. The Hall–Kier alpha value is -4.84. The molecule has 0 spiro atoms. The maximum atomic E-state index is 14.0. The minimum atomic E-state index is 0.0728. The number of hydrogen-bond donors (Lipinski definition) is 1. The van der Waals surface area contributed by atoms with Gasteiger partial charge in [-0.3, -0.25) is 4.79 Å². The van der Waals surface area contributed by atoms with Gasteiger partial charge in [0.1, 0.15) is 0 Å². The lowest BCUT2D eigenvalue weighted by molar-refractivity contribution is 0.779. The van der Waals surface area contributed by atoms with Crippen LogP contribution in [0.15, 0.2) is 102 Å². The smallest absolute Gasteiger partial charge is 0.255 e. The van der Waals surface area contributed by atoms with E-state index in [1.165, 1.54) is 5.56 Å². The maximum Gasteiger partial charge on any atom is 0.255 e. The van der Waals surface area contributed by atoms with E-state index in [9.17, 15) is 4.79 Å². The number of tetrazole rings is 1. The van der Waals surface area contributed by atoms with Crippen LogP contribution in [0.2, 0.25) is 0 Å². The fourth-order valence-electron chi connectivity index (χ4n) is 5.28. The Morgan fingerprint density at radius 1 is 0.795 bits per heavy atom. The Kier molecular flexibility index (Phi) is 6.59. The average molecular weight is 512 g/mol. The molecule has 0 amide bonds. The highest BCUT2D eigenvalue weighted by Gasteiger charge is 2.16. The molecule has 0 aliphatic heterocycles. The molecule has 4 aromatic carbocycles. The van der Waals surface area contributed by atoms with Gasteiger partial charge >= 0.3 is 0 Å². The first-order chi connectivity index (χ1) is 19.1. The number of aromatic amines is 1. The first kappa shape index (κ1) is 24.5. The number of nitrogens with one attached hydrogen (secondary N) is 1. The lowest BCUT2D eigenvalue weighted by atomic mass is 9.96. The molecule has 192 valence electrons. The summed E-state index contributed by atoms with van der Waals surface area (Å²) in [5.74, 6) is 0.560. The number of hydrogen-bond acceptors (Lipinski definition) is 4. The molecule has 2 heterocycles. The number of pyridine rings is 1. The van der Waals surface area contributed by atoms with Gasteiger partial charge in [-0.15, -0.1) is 10.2 Å². The molecule has 1 N–H and O–H groups in total. The molecule has 0 atom stereocenters. The summed E-state index contributed by atoms with van der Waals surface area (Å²) in [6.45, 7) is 4.72. The number of fused-ring (bicyclic) bond motifs is 1. The summed E-state index contributed by atoms with van der Waals surface area (Å²) in [7, 11) is 0. The fraction of sp³-hybridized carbons (Fsp3) is 0.152. The van der Waals surface area contributed by atoms with Gasteiger partial charge in [0, 0.05) is 22.9 Å². The Labute approximate surface area is 227 Å². The van der Waals surface area contributed by atoms with E-state index < -0.39 is 0 Å². The van der Waals surface area contributed by atoms with Gasteiger partial charge in [-0.05, 0) is 58.0 Å². The van der Waals surface area contributed by atoms with E-state index in [0.717, 1.165) is 56.3 Å². The Bertz CT molecular complexity index is 1800. The summed E-state index contributed by atoms with van der Waals surface area (Å²) >= 11 is 0. The van der Waals surface area contributed by atoms with Crippen molar-refractivity contribution in [2.45, 2.75) is 33.2 Å². The topological polar surface area (TPSA) is 76.5 Å². The molecule has 0 fully saturated rings. The first-order valence-electron chi connectivity index (χ1n) is 13.2. The molecule has 6 aromatic rings. The van der Waals surface area contributed by atoms with E-state index in [4.69, 9.17) is 0 Å². The fourth-order valence-corrected chi connectivity index (χ4v) is 5.28. The normalized spacial score (nSPS) is 11.2. The number of aromatic nitrogens is 5. The van der Waals surface area contributed by atoms with E-state index in [2.05, 4.69) is 95.1 Å². The predicted octanol–water partition coefficient (Wildman–Crippen LogP) is 6.36. The predicted molar refractivity (Wildman–Crippen MR) is 156 cm³/mol. The van der Waals surface area contributed by atoms with Crippen molar-refractivity contribution in [3.63, 3.8) is 0 Å². The summed E-state index contributed by atoms with van der Waals surface area (Å²) < 4.78 is 1.95. The Balaban J connectivity index is 1.41. The van der Waals surface area contributed by atoms with E-state index in [1.807, 2.05) is 41.0 Å². The molecule has 2 aromatic heterocycles. The number of rotatable bonds is 7. The molecule has 0 saturated carbocycles. The van der Waals surface area contributed by atoms with Gasteiger partial charge in [-0.2, -0.15) is 5.21 Å². The molecule has 6 rings (SSSR count). The van der Waals surface area contributed by atoms with Crippen molar-refractivity contribution >= 4 is 10.9 Å². The number of nitrogens with zero attached hydrogens (tertiary/aromatic N) is 4. The molecule has 0 bridgehead atoms. The van der Waals surface area contributed by atoms with Crippen molar-refractivity contribution in [1.29, 1.82) is 0 Å². The van der Waals surface area contributed by atoms with Gasteiger partial charge in [-0.25, -0.2) is 0 Å². The third-order valence-electron chi connectivity index (χ3n) is 7.46. The Morgan fingerprint density at radius 3 is 2.23 bits per heavy atom. The average Bonchev–Trinajstić information content (AvgIpc) is 3.53. The van der Waals surface area contributed by atoms with Crippen LogP contribution in [-0.4, -0.2) is 25.2 Å². The van der Waals surface area contributed by atoms with Crippen LogP contribution < -0.4 is 5.56 Å². The van der Waals surface area contributed by atoms with Crippen molar-refractivity contribution in [3.05, 3.63) is 135 Å². The highest BCUT2D eigenvalue weighted by Crippen LogP contribution is 2.30. The van der Waals surface area contributed by atoms with Crippen LogP contribution in [0.25, 0.3) is 33.4 Å². The lowest BCUT2D eigenvalue weighted by Gasteiger charge is -2.18. The van der Waals surface area contributed by atoms with Crippen LogP contribution in [-0.2, 0) is 19.4 Å². The molecule has 6 heteroatoms. The SMILES string of the molecule is CCc1ccc2c(C)c(Cc3ccccc3)c(=O)n(Cc3ccc(-c4ccccc4-c4nn[nH]n4)cc3)c2c1. The van der Waals surface area contributed by atoms with Crippen LogP contribution in [0.4, 0.5) is 0 Å². The second-order valence-corrected chi connectivity index (χ2v) is 9.84. The zero-order chi connectivity index (χ0) is 26.8. The van der Waals surface area contributed by atoms with E-state index in [-0.39, 0.29) is 5.56 Å². The van der Waals surface area contributed by atoms with Crippen molar-refractivity contribution in [2.24, 2.45) is 0 Å². The van der Waals surface area contributed by atoms with Crippen LogP contribution in [0, 0.1) is 6.92 Å². The highest BCUT2D eigenvalue weighted by molar-refractivity contribution is 5.84. The van der Waals surface area contributed by atoms with Gasteiger partial charge in [-0.1, -0.05) is 97.9 Å². The quantitative estimate of drug-likeness (QED) is 0.271. The van der Waals surface area contributed by atoms with Crippen molar-refractivity contribution < 1.29 is 0 Å². The van der Waals surface area contributed by atoms with Gasteiger partial charge in [0.2, 0.25) is 5.82 Å². The van der Waals surface area contributed by atoms with E-state index >= 15 is 0 Å². The highest BCUT2D eigenvalue weighted by atomic mass is 16.1. The van der Waals surface area contributed by atoms with Crippen molar-refractivity contribution in [1.82, 2.24) is 25.2 Å². The largest absolute Gasteiger partial charge is 0.304 e. The van der Waals surface area contributed by atoms with Crippen molar-refractivity contribution in [3.8, 4) is 22.5 Å². The molecular formula is C33H29N5O. The summed E-state index contributed by atoms with van der Waals surface area (Å²) in [5.41, 5.74) is 9.39. The number of aryl methyl sites for hydroxylation is 2. The minimum absolute atomic E-state index is 0.0728. The van der Waals surface area contributed by atoms with Crippen LogP contribution in [0.1, 0.15) is 34.7 Å². The van der Waals surface area contributed by atoms with Gasteiger partial charge in [0.05, 0.1) is 12.1 Å². The third-order valence-corrected chi connectivity index (χ3v) is 7.46. The molecule has 6 nitrogen and oxygen atoms in total. The molecule has 0 unspecified atom stereocenters. The minimum Gasteiger partial charge on any atom is -0.304 e. The molecule has 0 radical (unpaired) electrons. The summed E-state index contributed by atoms with van der Waals surface area (Å²) in [4.78, 5) is 14.0. The second-order valence-electron chi connectivity index (χ2n) is 9.84. The monoisotopic (exact) mass is 511 g/mol. The maximum absolute atomic E-state index is 14.0.